The van der Waals surface area contributed by atoms with Crippen molar-refractivity contribution in [3.63, 3.8) is 0 Å². The zero-order valence-corrected chi connectivity index (χ0v) is 19.7. The Balaban J connectivity index is 1.46. The molecular formula is C28H31NO6. The van der Waals surface area contributed by atoms with E-state index < -0.39 is 23.6 Å². The van der Waals surface area contributed by atoms with Crippen LogP contribution >= 0.6 is 0 Å². The smallest absolute Gasteiger partial charge is 0.339 e. The lowest BCUT2D eigenvalue weighted by molar-refractivity contribution is -0.0634. The van der Waals surface area contributed by atoms with Crippen LogP contribution in [-0.2, 0) is 6.54 Å². The Bertz CT molecular complexity index is 1210. The third-order valence-corrected chi connectivity index (χ3v) is 7.91. The number of aromatic hydroxyl groups is 1. The van der Waals surface area contributed by atoms with Gasteiger partial charge >= 0.3 is 5.97 Å². The van der Waals surface area contributed by atoms with Crippen molar-refractivity contribution in [2.75, 3.05) is 0 Å². The van der Waals surface area contributed by atoms with Crippen molar-refractivity contribution in [3.8, 4) is 17.1 Å². The Morgan fingerprint density at radius 2 is 1.86 bits per heavy atom. The van der Waals surface area contributed by atoms with Gasteiger partial charge < -0.3 is 24.8 Å². The summed E-state index contributed by atoms with van der Waals surface area (Å²) in [4.78, 5) is 13.6. The molecule has 5 rings (SSSR count). The Labute approximate surface area is 204 Å². The minimum atomic E-state index is -1.19. The number of benzene rings is 2. The number of hydrogen-bond acceptors (Lipinski definition) is 6. The fourth-order valence-corrected chi connectivity index (χ4v) is 6.07. The second-order valence-corrected chi connectivity index (χ2v) is 10.1. The summed E-state index contributed by atoms with van der Waals surface area (Å²) in [5.41, 5.74) is 1.16. The summed E-state index contributed by atoms with van der Waals surface area (Å²) in [7, 11) is 0. The van der Waals surface area contributed by atoms with Crippen LogP contribution in [0.3, 0.4) is 0 Å². The van der Waals surface area contributed by atoms with Gasteiger partial charge in [-0.05, 0) is 55.5 Å². The molecule has 184 valence electrons. The number of carboxylic acids is 1. The molecule has 2 fully saturated rings. The second kappa shape index (κ2) is 9.15. The third kappa shape index (κ3) is 4.24. The van der Waals surface area contributed by atoms with E-state index in [4.69, 9.17) is 9.52 Å². The molecule has 0 bridgehead atoms. The van der Waals surface area contributed by atoms with Gasteiger partial charge in [0.25, 0.3) is 0 Å². The van der Waals surface area contributed by atoms with E-state index >= 15 is 0 Å². The van der Waals surface area contributed by atoms with Crippen LogP contribution in [0.15, 0.2) is 65.1 Å². The number of aliphatic hydroxyl groups is 2. The van der Waals surface area contributed by atoms with Gasteiger partial charge in [-0.2, -0.15) is 0 Å². The SMILES string of the molecule is C[C@@]12C[C@H](c3ccccc3)N(Cc3ccc(-c4ccc(C(=O)O)c(O)c4)o3)[C@@H]1CCC[C@@H](O)[C@@H]2O. The van der Waals surface area contributed by atoms with Crippen molar-refractivity contribution < 1.29 is 29.6 Å². The molecule has 0 amide bonds. The van der Waals surface area contributed by atoms with Gasteiger partial charge in [0.15, 0.2) is 0 Å². The maximum absolute atomic E-state index is 11.2. The van der Waals surface area contributed by atoms with Crippen molar-refractivity contribution in [3.05, 3.63) is 77.6 Å². The standard InChI is InChI=1S/C28H31NO6/c1-28-15-21(17-6-3-2-4-7-17)29(25(28)9-5-8-22(30)26(28)32)16-19-11-13-24(35-19)18-10-12-20(27(33)34)23(31)14-18/h2-4,6-7,10-14,21-22,25-26,30-32H,5,8-9,15-16H2,1H3,(H,33,34)/t21-,22-,25-,26+,28-/m1/s1. The van der Waals surface area contributed by atoms with Crippen LogP contribution in [-0.4, -0.2) is 49.5 Å². The number of aliphatic hydroxyl groups excluding tert-OH is 2. The van der Waals surface area contributed by atoms with Gasteiger partial charge in [0.2, 0.25) is 0 Å². The van der Waals surface area contributed by atoms with Crippen LogP contribution in [0.2, 0.25) is 0 Å². The van der Waals surface area contributed by atoms with E-state index in [1.54, 1.807) is 6.07 Å². The van der Waals surface area contributed by atoms with Crippen LogP contribution < -0.4 is 0 Å². The van der Waals surface area contributed by atoms with Crippen molar-refractivity contribution in [2.24, 2.45) is 5.41 Å². The largest absolute Gasteiger partial charge is 0.507 e. The Morgan fingerprint density at radius 3 is 2.57 bits per heavy atom. The number of nitrogens with zero attached hydrogens (tertiary/aromatic N) is 1. The predicted molar refractivity (Wildman–Crippen MR) is 130 cm³/mol. The highest BCUT2D eigenvalue weighted by Crippen LogP contribution is 2.54. The molecule has 1 aromatic heterocycles. The number of aromatic carboxylic acids is 1. The van der Waals surface area contributed by atoms with Crippen LogP contribution in [0.1, 0.15) is 60.3 Å². The van der Waals surface area contributed by atoms with E-state index in [-0.39, 0.29) is 23.4 Å². The molecule has 5 atom stereocenters. The van der Waals surface area contributed by atoms with E-state index in [0.717, 1.165) is 25.0 Å². The lowest BCUT2D eigenvalue weighted by atomic mass is 9.74. The van der Waals surface area contributed by atoms with Crippen molar-refractivity contribution in [1.82, 2.24) is 4.90 Å². The van der Waals surface area contributed by atoms with E-state index in [2.05, 4.69) is 24.0 Å². The average Bonchev–Trinajstić information content (AvgIpc) is 3.40. The van der Waals surface area contributed by atoms with Crippen molar-refractivity contribution in [1.29, 1.82) is 0 Å². The van der Waals surface area contributed by atoms with Crippen molar-refractivity contribution >= 4 is 5.97 Å². The number of carboxylic acid groups (broad SMARTS) is 1. The zero-order chi connectivity index (χ0) is 24.7. The van der Waals surface area contributed by atoms with Gasteiger partial charge in [0.1, 0.15) is 22.8 Å². The van der Waals surface area contributed by atoms with Gasteiger partial charge in [-0.25, -0.2) is 4.79 Å². The summed E-state index contributed by atoms with van der Waals surface area (Å²) in [6.45, 7) is 2.62. The maximum Gasteiger partial charge on any atom is 0.339 e. The highest BCUT2D eigenvalue weighted by atomic mass is 16.4. The number of furan rings is 1. The molecule has 2 aromatic carbocycles. The van der Waals surface area contributed by atoms with Crippen molar-refractivity contribution in [2.45, 2.75) is 63.4 Å². The van der Waals surface area contributed by atoms with Gasteiger partial charge in [0, 0.05) is 23.1 Å². The molecule has 4 N–H and O–H groups in total. The number of fused-ring (bicyclic) bond motifs is 1. The number of phenols is 1. The fourth-order valence-electron chi connectivity index (χ4n) is 6.07. The van der Waals surface area contributed by atoms with E-state index in [1.807, 2.05) is 30.3 Å². The van der Waals surface area contributed by atoms with Gasteiger partial charge in [-0.15, -0.1) is 0 Å². The average molecular weight is 478 g/mol. The first kappa shape index (κ1) is 23.6. The Morgan fingerprint density at radius 1 is 1.09 bits per heavy atom. The molecular weight excluding hydrogens is 446 g/mol. The monoisotopic (exact) mass is 477 g/mol. The first-order valence-electron chi connectivity index (χ1n) is 12.1. The van der Waals surface area contributed by atoms with Gasteiger partial charge in [-0.3, -0.25) is 4.90 Å². The molecule has 35 heavy (non-hydrogen) atoms. The van der Waals surface area contributed by atoms with Crippen LogP contribution in [0, 0.1) is 5.41 Å². The molecule has 0 spiro atoms. The first-order valence-corrected chi connectivity index (χ1v) is 12.1. The Hall–Kier alpha value is -3.13. The van der Waals surface area contributed by atoms with Crippen LogP contribution in [0.25, 0.3) is 11.3 Å². The summed E-state index contributed by atoms with van der Waals surface area (Å²) < 4.78 is 6.15. The molecule has 7 heteroatoms. The third-order valence-electron chi connectivity index (χ3n) is 7.91. The van der Waals surface area contributed by atoms with Gasteiger partial charge in [-0.1, -0.05) is 43.3 Å². The normalized spacial score (nSPS) is 29.0. The number of carbonyl (C=O) groups is 1. The van der Waals surface area contributed by atoms with E-state index in [0.29, 0.717) is 24.3 Å². The van der Waals surface area contributed by atoms with Crippen LogP contribution in [0.4, 0.5) is 0 Å². The van der Waals surface area contributed by atoms with Crippen LogP contribution in [0.5, 0.6) is 5.75 Å². The maximum atomic E-state index is 11.2. The molecule has 1 aliphatic carbocycles. The summed E-state index contributed by atoms with van der Waals surface area (Å²) in [6.07, 6.45) is 1.53. The molecule has 0 unspecified atom stereocenters. The summed E-state index contributed by atoms with van der Waals surface area (Å²) in [6, 6.07) is 18.5. The molecule has 1 aliphatic heterocycles. The fraction of sp³-hybridized carbons (Fsp3) is 0.393. The number of rotatable bonds is 5. The topological polar surface area (TPSA) is 114 Å². The van der Waals surface area contributed by atoms with Gasteiger partial charge in [0.05, 0.1) is 18.8 Å². The minimum absolute atomic E-state index is 0.0681. The molecule has 1 saturated heterocycles. The zero-order valence-electron chi connectivity index (χ0n) is 19.7. The Kier molecular flexibility index (Phi) is 6.17. The predicted octanol–water partition coefficient (Wildman–Crippen LogP) is 4.58. The quantitative estimate of drug-likeness (QED) is 0.425. The number of likely N-dealkylation sites (tertiary alicyclic amines) is 1. The number of hydrogen-bond donors (Lipinski definition) is 4. The van der Waals surface area contributed by atoms with E-state index in [1.165, 1.54) is 17.7 Å². The highest BCUT2D eigenvalue weighted by Gasteiger charge is 2.55. The molecule has 7 nitrogen and oxygen atoms in total. The lowest BCUT2D eigenvalue weighted by Gasteiger charge is -2.38. The molecule has 3 aromatic rings. The first-order chi connectivity index (χ1) is 16.8. The molecule has 2 heterocycles. The molecule has 2 aliphatic rings. The lowest BCUT2D eigenvalue weighted by Crippen LogP contribution is -2.47. The summed E-state index contributed by atoms with van der Waals surface area (Å²) >= 11 is 0. The summed E-state index contributed by atoms with van der Waals surface area (Å²) in [5, 5.41) is 40.9. The summed E-state index contributed by atoms with van der Waals surface area (Å²) in [5.74, 6) is -0.208. The molecule has 1 saturated carbocycles. The molecule has 0 radical (unpaired) electrons. The van der Waals surface area contributed by atoms with E-state index in [9.17, 15) is 20.1 Å². The minimum Gasteiger partial charge on any atom is -0.507 e. The second-order valence-electron chi connectivity index (χ2n) is 10.1. The highest BCUT2D eigenvalue weighted by molar-refractivity contribution is 5.91.